The van der Waals surface area contributed by atoms with Crippen LogP contribution in [-0.4, -0.2) is 61.5 Å². The van der Waals surface area contributed by atoms with E-state index in [1.165, 1.54) is 5.56 Å². The van der Waals surface area contributed by atoms with Crippen molar-refractivity contribution >= 4 is 45.8 Å². The number of hydrogen-bond acceptors (Lipinski definition) is 6. The highest BCUT2D eigenvalue weighted by molar-refractivity contribution is 14.1. The first-order valence-corrected chi connectivity index (χ1v) is 16.0. The van der Waals surface area contributed by atoms with Gasteiger partial charge in [-0.25, -0.2) is 0 Å². The van der Waals surface area contributed by atoms with Gasteiger partial charge in [-0.3, -0.25) is 24.6 Å². The van der Waals surface area contributed by atoms with Crippen LogP contribution in [0, 0.1) is 0 Å². The minimum Gasteiger partial charge on any atom is -0.489 e. The van der Waals surface area contributed by atoms with Crippen LogP contribution in [0.15, 0.2) is 42.5 Å². The molecule has 0 spiro atoms. The number of rotatable bonds is 6. The summed E-state index contributed by atoms with van der Waals surface area (Å²) in [6, 6.07) is 13.3. The van der Waals surface area contributed by atoms with E-state index in [0.29, 0.717) is 24.3 Å². The fourth-order valence-corrected chi connectivity index (χ4v) is 6.41. The number of morpholine rings is 1. The van der Waals surface area contributed by atoms with Gasteiger partial charge in [0.2, 0.25) is 11.8 Å². The van der Waals surface area contributed by atoms with Crippen molar-refractivity contribution in [2.75, 3.05) is 0 Å². The molecule has 43 heavy (non-hydrogen) atoms. The normalized spacial score (nSPS) is 23.6. The van der Waals surface area contributed by atoms with Gasteiger partial charge in [0.05, 0.1) is 17.7 Å². The Balaban J connectivity index is 0.00000207. The largest absolute Gasteiger partial charge is 0.489 e. The van der Waals surface area contributed by atoms with Crippen molar-refractivity contribution in [2.24, 2.45) is 0 Å². The maximum Gasteiger partial charge on any atom is 0.255 e. The van der Waals surface area contributed by atoms with Crippen LogP contribution in [0.25, 0.3) is 0 Å². The van der Waals surface area contributed by atoms with E-state index in [0.717, 1.165) is 17.7 Å². The van der Waals surface area contributed by atoms with Crippen molar-refractivity contribution in [2.45, 2.75) is 116 Å². The van der Waals surface area contributed by atoms with Gasteiger partial charge in [0.25, 0.3) is 5.91 Å². The Hall–Kier alpha value is -2.44. The number of halogens is 1. The summed E-state index contributed by atoms with van der Waals surface area (Å²) in [6.07, 6.45) is 0.562. The van der Waals surface area contributed by atoms with Gasteiger partial charge in [0.15, 0.2) is 5.70 Å². The number of hydrogen-bond donors (Lipinski definition) is 1. The lowest BCUT2D eigenvalue weighted by atomic mass is 9.71. The summed E-state index contributed by atoms with van der Waals surface area (Å²) in [6.45, 7) is 19.2. The van der Waals surface area contributed by atoms with Gasteiger partial charge < -0.3 is 14.4 Å². The summed E-state index contributed by atoms with van der Waals surface area (Å²) < 4.78 is 12.8. The number of ether oxygens (including phenoxy) is 2. The molecule has 230 valence electrons. The number of carbonyl (C=O) groups is 3. The highest BCUT2D eigenvalue weighted by Crippen LogP contribution is 2.49. The molecule has 2 fully saturated rings. The molecule has 1 N–H and O–H groups in total. The van der Waals surface area contributed by atoms with Gasteiger partial charge in [-0.2, -0.15) is 22.4 Å². The molecule has 2 saturated heterocycles. The molecule has 3 heterocycles. The Morgan fingerprint density at radius 1 is 0.907 bits per heavy atom. The quantitative estimate of drug-likeness (QED) is 0.245. The van der Waals surface area contributed by atoms with E-state index in [-0.39, 0.29) is 47.1 Å². The summed E-state index contributed by atoms with van der Waals surface area (Å²) in [4.78, 5) is 41.2. The summed E-state index contributed by atoms with van der Waals surface area (Å²) in [5.74, 6) is -0.280. The highest BCUT2D eigenvalue weighted by atomic mass is 127. The molecule has 0 bridgehead atoms. The molecule has 0 aromatic heterocycles. The van der Waals surface area contributed by atoms with E-state index < -0.39 is 11.9 Å². The van der Waals surface area contributed by atoms with Gasteiger partial charge in [0, 0.05) is 35.2 Å². The predicted octanol–water partition coefficient (Wildman–Crippen LogP) is 5.48. The molecule has 1 unspecified atom stereocenters. The number of fused-ring (bicyclic) bond motifs is 1. The second kappa shape index (κ2) is 12.2. The standard InChI is InChI=1S/C33H43N3O5.BI/c1-30(2)32(5,6)41-33(7,8)31(3,4)36(30)18-21-12-14-22(15-13-21)20-40-26-11-9-10-23-24(26)19-35(29(23)39)25-16-17-27(37)34-28(25)38;1-2/h9-15,25H,16-20H2,1-8H3,(H,34,37,38);. The van der Waals surface area contributed by atoms with Crippen LogP contribution in [-0.2, 0) is 34.0 Å². The summed E-state index contributed by atoms with van der Waals surface area (Å²) >= 11 is 1.65. The molecule has 1 atom stereocenters. The third-order valence-electron chi connectivity index (χ3n) is 10.1. The second-order valence-corrected chi connectivity index (χ2v) is 13.6. The van der Waals surface area contributed by atoms with Crippen LogP contribution in [0.1, 0.15) is 95.3 Å². The molecule has 0 aliphatic carbocycles. The number of imide groups is 1. The molecule has 2 aromatic rings. The van der Waals surface area contributed by atoms with E-state index in [1.807, 2.05) is 6.07 Å². The van der Waals surface area contributed by atoms with Crippen LogP contribution >= 0.6 is 22.4 Å². The van der Waals surface area contributed by atoms with E-state index in [1.54, 1.807) is 39.4 Å². The van der Waals surface area contributed by atoms with E-state index in [4.69, 9.17) is 9.47 Å². The Morgan fingerprint density at radius 2 is 1.49 bits per heavy atom. The van der Waals surface area contributed by atoms with Crippen molar-refractivity contribution in [3.05, 3.63) is 64.7 Å². The SMILES string of the molecule is CC1(C)OC(C)(C)C(C)(C)N(Cc2ccc(COc3cccc4c3CN(C3CCC(=O)NC3=O)C4=O)cc2)C1(C)C.[B]I. The second-order valence-electron chi connectivity index (χ2n) is 13.6. The van der Waals surface area contributed by atoms with Crippen LogP contribution < -0.4 is 10.1 Å². The number of amides is 3. The van der Waals surface area contributed by atoms with Crippen molar-refractivity contribution in [3.8, 4) is 5.75 Å². The number of nitrogens with one attached hydrogen (secondary N) is 1. The van der Waals surface area contributed by atoms with Crippen LogP contribution in [0.3, 0.4) is 0 Å². The lowest BCUT2D eigenvalue weighted by molar-refractivity contribution is -0.294. The smallest absolute Gasteiger partial charge is 0.255 e. The monoisotopic (exact) mass is 699 g/mol. The van der Waals surface area contributed by atoms with Crippen molar-refractivity contribution in [1.29, 1.82) is 0 Å². The average molecular weight is 699 g/mol. The number of benzene rings is 2. The third kappa shape index (κ3) is 6.11. The minimum absolute atomic E-state index is 0.194. The van der Waals surface area contributed by atoms with Crippen LogP contribution in [0.4, 0.5) is 0 Å². The summed E-state index contributed by atoms with van der Waals surface area (Å²) in [5.41, 5.74) is 6.99. The zero-order valence-corrected chi connectivity index (χ0v) is 28.7. The van der Waals surface area contributed by atoms with Crippen molar-refractivity contribution < 1.29 is 23.9 Å². The molecule has 2 aromatic carbocycles. The average Bonchev–Trinajstić information content (AvgIpc) is 3.27. The Labute approximate surface area is 270 Å². The Kier molecular flexibility index (Phi) is 9.46. The lowest BCUT2D eigenvalue weighted by Crippen LogP contribution is -2.77. The van der Waals surface area contributed by atoms with E-state index in [9.17, 15) is 14.4 Å². The number of carbonyl (C=O) groups excluding carboxylic acids is 3. The van der Waals surface area contributed by atoms with Gasteiger partial charge in [0.1, 0.15) is 18.4 Å². The molecule has 3 amide bonds. The third-order valence-corrected chi connectivity index (χ3v) is 10.1. The fraction of sp³-hybridized carbons (Fsp3) is 0.545. The zero-order chi connectivity index (χ0) is 32.0. The molecule has 3 aliphatic heterocycles. The molecule has 2 radical (unpaired) electrons. The van der Waals surface area contributed by atoms with E-state index in [2.05, 4.69) is 95.6 Å². The van der Waals surface area contributed by atoms with Crippen LogP contribution in [0.5, 0.6) is 5.75 Å². The van der Waals surface area contributed by atoms with Gasteiger partial charge in [-0.15, -0.1) is 0 Å². The summed E-state index contributed by atoms with van der Waals surface area (Å²) in [7, 11) is 0. The number of piperidine rings is 1. The molecule has 5 rings (SSSR count). The molecular weight excluding hydrogens is 656 g/mol. The summed E-state index contributed by atoms with van der Waals surface area (Å²) in [5, 5.41) is 2.35. The van der Waals surface area contributed by atoms with Crippen LogP contribution in [0.2, 0.25) is 0 Å². The topological polar surface area (TPSA) is 88.2 Å². The first-order valence-electron chi connectivity index (χ1n) is 14.7. The first-order chi connectivity index (χ1) is 20.0. The Bertz CT molecular complexity index is 1360. The van der Waals surface area contributed by atoms with Gasteiger partial charge >= 0.3 is 0 Å². The van der Waals surface area contributed by atoms with Crippen molar-refractivity contribution in [3.63, 3.8) is 0 Å². The molecular formula is C33H43BIN3O5. The molecule has 10 heteroatoms. The highest BCUT2D eigenvalue weighted by Gasteiger charge is 2.60. The minimum atomic E-state index is -0.648. The van der Waals surface area contributed by atoms with Gasteiger partial charge in [-0.05, 0) is 85.1 Å². The van der Waals surface area contributed by atoms with Gasteiger partial charge in [-0.1, -0.05) is 30.3 Å². The molecule has 0 saturated carbocycles. The van der Waals surface area contributed by atoms with Crippen molar-refractivity contribution in [1.82, 2.24) is 15.1 Å². The maximum atomic E-state index is 13.1. The molecule has 3 aliphatic rings. The maximum absolute atomic E-state index is 13.1. The van der Waals surface area contributed by atoms with E-state index >= 15 is 0 Å². The first kappa shape index (κ1) is 33.5. The zero-order valence-electron chi connectivity index (χ0n) is 26.5. The lowest BCUT2D eigenvalue weighted by Gasteiger charge is -2.66. The Morgan fingerprint density at radius 3 is 2.07 bits per heavy atom. The number of nitrogens with zero attached hydrogens (tertiary/aromatic N) is 2. The molecule has 8 nitrogen and oxygen atoms in total. The predicted molar refractivity (Wildman–Crippen MR) is 176 cm³/mol. The fourth-order valence-electron chi connectivity index (χ4n) is 6.41.